The summed E-state index contributed by atoms with van der Waals surface area (Å²) in [5.41, 5.74) is 0.874. The minimum atomic E-state index is -1.03. The highest BCUT2D eigenvalue weighted by Crippen LogP contribution is 2.10. The van der Waals surface area contributed by atoms with E-state index in [4.69, 9.17) is 9.47 Å². The standard InChI is InChI=1S/C17H23NO5/c19-16(8-11-23-14-6-9-22-10-7-14)18-15(17(20)21)12-13-4-2-1-3-5-13/h1-5,14-15H,6-12H2,(H,18,19)(H,20,21)/t15-/m1/s1. The Morgan fingerprint density at radius 2 is 1.96 bits per heavy atom. The predicted octanol–water partition coefficient (Wildman–Crippen LogP) is 1.38. The van der Waals surface area contributed by atoms with Crippen LogP contribution in [0.25, 0.3) is 0 Å². The molecule has 0 saturated carbocycles. The van der Waals surface area contributed by atoms with Gasteiger partial charge < -0.3 is 19.9 Å². The van der Waals surface area contributed by atoms with Crippen LogP contribution in [0.15, 0.2) is 30.3 Å². The topological polar surface area (TPSA) is 84.9 Å². The van der Waals surface area contributed by atoms with Crippen molar-refractivity contribution in [3.63, 3.8) is 0 Å². The number of aliphatic carboxylic acids is 1. The molecule has 23 heavy (non-hydrogen) atoms. The Morgan fingerprint density at radius 3 is 2.61 bits per heavy atom. The van der Waals surface area contributed by atoms with Crippen LogP contribution < -0.4 is 5.32 Å². The van der Waals surface area contributed by atoms with Crippen LogP contribution >= 0.6 is 0 Å². The van der Waals surface area contributed by atoms with Gasteiger partial charge in [0, 0.05) is 26.1 Å². The van der Waals surface area contributed by atoms with Crippen LogP contribution in [-0.2, 0) is 25.5 Å². The quantitative estimate of drug-likeness (QED) is 0.756. The first-order valence-electron chi connectivity index (χ1n) is 7.90. The fraction of sp³-hybridized carbons (Fsp3) is 0.529. The first-order valence-corrected chi connectivity index (χ1v) is 7.90. The average molecular weight is 321 g/mol. The summed E-state index contributed by atoms with van der Waals surface area (Å²) >= 11 is 0. The number of rotatable bonds is 8. The van der Waals surface area contributed by atoms with E-state index in [-0.39, 0.29) is 24.9 Å². The minimum absolute atomic E-state index is 0.135. The molecule has 0 aromatic heterocycles. The normalized spacial score (nSPS) is 16.7. The number of amides is 1. The number of carbonyl (C=O) groups excluding carboxylic acids is 1. The smallest absolute Gasteiger partial charge is 0.326 e. The van der Waals surface area contributed by atoms with E-state index < -0.39 is 12.0 Å². The van der Waals surface area contributed by atoms with Crippen LogP contribution in [-0.4, -0.2) is 48.9 Å². The van der Waals surface area contributed by atoms with Crippen molar-refractivity contribution in [2.45, 2.75) is 37.8 Å². The number of carboxylic acid groups (broad SMARTS) is 1. The summed E-state index contributed by atoms with van der Waals surface area (Å²) in [6.07, 6.45) is 2.25. The second-order valence-corrected chi connectivity index (χ2v) is 5.58. The van der Waals surface area contributed by atoms with Crippen LogP contribution in [0, 0.1) is 0 Å². The zero-order valence-corrected chi connectivity index (χ0v) is 13.1. The van der Waals surface area contributed by atoms with Gasteiger partial charge in [0.2, 0.25) is 5.91 Å². The molecule has 126 valence electrons. The van der Waals surface area contributed by atoms with E-state index in [0.717, 1.165) is 18.4 Å². The Kier molecular flexibility index (Phi) is 7.03. The van der Waals surface area contributed by atoms with Crippen molar-refractivity contribution < 1.29 is 24.2 Å². The molecule has 1 aliphatic heterocycles. The zero-order valence-electron chi connectivity index (χ0n) is 13.1. The van der Waals surface area contributed by atoms with E-state index in [1.807, 2.05) is 30.3 Å². The highest BCUT2D eigenvalue weighted by atomic mass is 16.5. The number of hydrogen-bond donors (Lipinski definition) is 2. The van der Waals surface area contributed by atoms with Crippen molar-refractivity contribution in [1.82, 2.24) is 5.32 Å². The number of ether oxygens (including phenoxy) is 2. The molecule has 1 amide bonds. The third-order valence-electron chi connectivity index (χ3n) is 3.77. The van der Waals surface area contributed by atoms with Crippen LogP contribution in [0.5, 0.6) is 0 Å². The number of benzene rings is 1. The van der Waals surface area contributed by atoms with Gasteiger partial charge in [-0.1, -0.05) is 30.3 Å². The Balaban J connectivity index is 1.73. The molecule has 1 aromatic carbocycles. The van der Waals surface area contributed by atoms with Gasteiger partial charge in [0.1, 0.15) is 6.04 Å². The molecule has 1 saturated heterocycles. The second kappa shape index (κ2) is 9.27. The fourth-order valence-electron chi connectivity index (χ4n) is 2.48. The molecule has 1 fully saturated rings. The number of carboxylic acids is 1. The van der Waals surface area contributed by atoms with Crippen molar-refractivity contribution in [2.75, 3.05) is 19.8 Å². The van der Waals surface area contributed by atoms with E-state index in [0.29, 0.717) is 19.8 Å². The average Bonchev–Trinajstić information content (AvgIpc) is 2.56. The van der Waals surface area contributed by atoms with Gasteiger partial charge in [0.25, 0.3) is 0 Å². The lowest BCUT2D eigenvalue weighted by Gasteiger charge is -2.22. The second-order valence-electron chi connectivity index (χ2n) is 5.58. The lowest BCUT2D eigenvalue weighted by Crippen LogP contribution is -2.42. The van der Waals surface area contributed by atoms with Gasteiger partial charge in [-0.25, -0.2) is 4.79 Å². The Hall–Kier alpha value is -1.92. The van der Waals surface area contributed by atoms with Crippen LogP contribution in [0.2, 0.25) is 0 Å². The minimum Gasteiger partial charge on any atom is -0.480 e. The SMILES string of the molecule is O=C(CCOC1CCOCC1)N[C@H](Cc1ccccc1)C(=O)O. The molecule has 0 spiro atoms. The summed E-state index contributed by atoms with van der Waals surface area (Å²) in [6, 6.07) is 8.32. The molecule has 6 heteroatoms. The molecule has 1 aliphatic rings. The van der Waals surface area contributed by atoms with Crippen molar-refractivity contribution >= 4 is 11.9 Å². The van der Waals surface area contributed by atoms with Crippen LogP contribution in [0.4, 0.5) is 0 Å². The van der Waals surface area contributed by atoms with E-state index >= 15 is 0 Å². The molecule has 0 aliphatic carbocycles. The molecule has 2 N–H and O–H groups in total. The highest BCUT2D eigenvalue weighted by molar-refractivity contribution is 5.83. The zero-order chi connectivity index (χ0) is 16.5. The maximum Gasteiger partial charge on any atom is 0.326 e. The summed E-state index contributed by atoms with van der Waals surface area (Å²) in [5.74, 6) is -1.34. The molecule has 2 rings (SSSR count). The molecule has 1 aromatic rings. The van der Waals surface area contributed by atoms with Crippen molar-refractivity contribution in [2.24, 2.45) is 0 Å². The number of nitrogens with one attached hydrogen (secondary N) is 1. The van der Waals surface area contributed by atoms with Gasteiger partial charge in [-0.05, 0) is 18.4 Å². The molecule has 0 unspecified atom stereocenters. The van der Waals surface area contributed by atoms with E-state index in [1.165, 1.54) is 0 Å². The molecule has 0 radical (unpaired) electrons. The predicted molar refractivity (Wildman–Crippen MR) is 84.1 cm³/mol. The van der Waals surface area contributed by atoms with Gasteiger partial charge in [-0.15, -0.1) is 0 Å². The van der Waals surface area contributed by atoms with E-state index in [9.17, 15) is 14.7 Å². The maximum atomic E-state index is 11.9. The highest BCUT2D eigenvalue weighted by Gasteiger charge is 2.20. The van der Waals surface area contributed by atoms with Gasteiger partial charge in [0.05, 0.1) is 12.7 Å². The molecule has 1 atom stereocenters. The molecular formula is C17H23NO5. The Bertz CT molecular complexity index is 499. The van der Waals surface area contributed by atoms with Gasteiger partial charge in [-0.3, -0.25) is 4.79 Å². The lowest BCUT2D eigenvalue weighted by molar-refractivity contribution is -0.142. The molecular weight excluding hydrogens is 298 g/mol. The lowest BCUT2D eigenvalue weighted by atomic mass is 10.1. The van der Waals surface area contributed by atoms with Gasteiger partial charge >= 0.3 is 5.97 Å². The molecule has 0 bridgehead atoms. The Morgan fingerprint density at radius 1 is 1.26 bits per heavy atom. The fourth-order valence-corrected chi connectivity index (χ4v) is 2.48. The number of hydrogen-bond acceptors (Lipinski definition) is 4. The third-order valence-corrected chi connectivity index (χ3v) is 3.77. The summed E-state index contributed by atoms with van der Waals surface area (Å²) in [6.45, 7) is 1.68. The van der Waals surface area contributed by atoms with Crippen molar-refractivity contribution in [3.05, 3.63) is 35.9 Å². The number of carbonyl (C=O) groups is 2. The van der Waals surface area contributed by atoms with Gasteiger partial charge in [0.15, 0.2) is 0 Å². The van der Waals surface area contributed by atoms with Gasteiger partial charge in [-0.2, -0.15) is 0 Å². The first-order chi connectivity index (χ1) is 11.1. The van der Waals surface area contributed by atoms with Crippen molar-refractivity contribution in [3.8, 4) is 0 Å². The summed E-state index contributed by atoms with van der Waals surface area (Å²) < 4.78 is 10.9. The third kappa shape index (κ3) is 6.38. The first kappa shape index (κ1) is 17.4. The summed E-state index contributed by atoms with van der Waals surface area (Å²) in [4.78, 5) is 23.2. The van der Waals surface area contributed by atoms with Crippen LogP contribution in [0.3, 0.4) is 0 Å². The van der Waals surface area contributed by atoms with Crippen molar-refractivity contribution in [1.29, 1.82) is 0 Å². The molecule has 6 nitrogen and oxygen atoms in total. The maximum absolute atomic E-state index is 11.9. The summed E-state index contributed by atoms with van der Waals surface area (Å²) in [7, 11) is 0. The largest absolute Gasteiger partial charge is 0.480 e. The van der Waals surface area contributed by atoms with Crippen LogP contribution in [0.1, 0.15) is 24.8 Å². The summed E-state index contributed by atoms with van der Waals surface area (Å²) in [5, 5.41) is 11.8. The van der Waals surface area contributed by atoms with E-state index in [1.54, 1.807) is 0 Å². The monoisotopic (exact) mass is 321 g/mol. The van der Waals surface area contributed by atoms with E-state index in [2.05, 4.69) is 5.32 Å². The Labute approximate surface area is 135 Å². The molecule has 1 heterocycles.